The number of rotatable bonds is 9. The summed E-state index contributed by atoms with van der Waals surface area (Å²) < 4.78 is 0. The van der Waals surface area contributed by atoms with E-state index in [1.165, 1.54) is 11.1 Å². The maximum absolute atomic E-state index is 9.73. The van der Waals surface area contributed by atoms with Gasteiger partial charge in [0.05, 0.1) is 11.3 Å². The minimum absolute atomic E-state index is 0.504. The van der Waals surface area contributed by atoms with Crippen molar-refractivity contribution in [3.63, 3.8) is 0 Å². The molecule has 0 bridgehead atoms. The van der Waals surface area contributed by atoms with E-state index in [1.807, 2.05) is 55.0 Å². The first-order valence-corrected chi connectivity index (χ1v) is 12.3. The number of aryl methyl sites for hydroxylation is 1. The van der Waals surface area contributed by atoms with Crippen LogP contribution in [0.2, 0.25) is 0 Å². The van der Waals surface area contributed by atoms with Gasteiger partial charge in [-0.3, -0.25) is 9.97 Å². The number of aromatic amines is 1. The zero-order valence-corrected chi connectivity index (χ0v) is 20.7. The summed E-state index contributed by atoms with van der Waals surface area (Å²) in [4.78, 5) is 11.6. The number of benzene rings is 2. The highest BCUT2D eigenvalue weighted by atomic mass is 14.9. The van der Waals surface area contributed by atoms with Crippen LogP contribution in [0.25, 0.3) is 23.1 Å². The number of pyridine rings is 2. The van der Waals surface area contributed by atoms with E-state index in [9.17, 15) is 5.26 Å². The van der Waals surface area contributed by atoms with Crippen LogP contribution in [0.15, 0.2) is 85.6 Å². The van der Waals surface area contributed by atoms with Crippen LogP contribution in [0.5, 0.6) is 0 Å². The fraction of sp³-hybridized carbons (Fsp3) is 0.129. The second-order valence-electron chi connectivity index (χ2n) is 8.92. The van der Waals surface area contributed by atoms with Crippen molar-refractivity contribution < 1.29 is 0 Å². The summed E-state index contributed by atoms with van der Waals surface area (Å²) in [5, 5.41) is 17.9. The molecular weight excluding hydrogens is 456 g/mol. The monoisotopic (exact) mass is 484 g/mol. The van der Waals surface area contributed by atoms with Crippen LogP contribution >= 0.6 is 0 Å². The number of H-pyrrole nitrogens is 1. The van der Waals surface area contributed by atoms with Gasteiger partial charge >= 0.3 is 0 Å². The Morgan fingerprint density at radius 2 is 1.76 bits per heavy atom. The van der Waals surface area contributed by atoms with Crippen molar-refractivity contribution in [2.75, 3.05) is 11.9 Å². The molecule has 6 heteroatoms. The Morgan fingerprint density at radius 1 is 0.919 bits per heavy atom. The average Bonchev–Trinajstić information content (AvgIpc) is 3.43. The van der Waals surface area contributed by atoms with E-state index in [2.05, 4.69) is 68.9 Å². The largest absolute Gasteiger partial charge is 0.361 e. The summed E-state index contributed by atoms with van der Waals surface area (Å²) in [5.41, 5.74) is 8.89. The molecule has 0 aliphatic rings. The third-order valence-electron chi connectivity index (χ3n) is 6.46. The molecule has 3 aromatic heterocycles. The lowest BCUT2D eigenvalue weighted by molar-refractivity contribution is 0.686. The molecule has 2 aromatic carbocycles. The Bertz CT molecular complexity index is 1560. The SMILES string of the molecule is Cc1c(Nc2c(C#N)cncc2C=Cc2ccc(CNCCc3ccncc3)cc2)ccc2[nH]ccc12. The van der Waals surface area contributed by atoms with E-state index in [0.717, 1.165) is 58.5 Å². The lowest BCUT2D eigenvalue weighted by Gasteiger charge is -2.14. The first kappa shape index (κ1) is 24.0. The molecular formula is C31H28N6. The molecule has 0 spiro atoms. The highest BCUT2D eigenvalue weighted by molar-refractivity contribution is 5.90. The highest BCUT2D eigenvalue weighted by Crippen LogP contribution is 2.31. The molecule has 182 valence electrons. The first-order valence-electron chi connectivity index (χ1n) is 12.3. The lowest BCUT2D eigenvalue weighted by Crippen LogP contribution is -2.16. The van der Waals surface area contributed by atoms with Crippen molar-refractivity contribution in [3.05, 3.63) is 119 Å². The van der Waals surface area contributed by atoms with Gasteiger partial charge in [-0.1, -0.05) is 36.4 Å². The van der Waals surface area contributed by atoms with Gasteiger partial charge in [0.15, 0.2) is 0 Å². The van der Waals surface area contributed by atoms with Crippen molar-refractivity contribution in [2.45, 2.75) is 19.9 Å². The molecule has 5 aromatic rings. The molecule has 0 saturated heterocycles. The number of hydrogen-bond donors (Lipinski definition) is 3. The molecule has 0 amide bonds. The number of nitrogens with one attached hydrogen (secondary N) is 3. The van der Waals surface area contributed by atoms with Crippen molar-refractivity contribution >= 4 is 34.4 Å². The maximum atomic E-state index is 9.73. The summed E-state index contributed by atoms with van der Waals surface area (Å²) in [5.74, 6) is 0. The van der Waals surface area contributed by atoms with Crippen molar-refractivity contribution in [1.82, 2.24) is 20.3 Å². The molecule has 5 rings (SSSR count). The Labute approximate surface area is 216 Å². The van der Waals surface area contributed by atoms with E-state index in [1.54, 1.807) is 12.4 Å². The van der Waals surface area contributed by atoms with E-state index in [0.29, 0.717) is 5.56 Å². The van der Waals surface area contributed by atoms with Gasteiger partial charge in [0.2, 0.25) is 0 Å². The summed E-state index contributed by atoms with van der Waals surface area (Å²) in [7, 11) is 0. The number of hydrogen-bond acceptors (Lipinski definition) is 5. The predicted molar refractivity (Wildman–Crippen MR) is 150 cm³/mol. The molecule has 0 unspecified atom stereocenters. The Hall–Kier alpha value is -4.73. The van der Waals surface area contributed by atoms with Gasteiger partial charge in [-0.2, -0.15) is 5.26 Å². The van der Waals surface area contributed by atoms with Gasteiger partial charge in [0.1, 0.15) is 6.07 Å². The van der Waals surface area contributed by atoms with Crippen molar-refractivity contribution in [3.8, 4) is 6.07 Å². The molecule has 0 fully saturated rings. The van der Waals surface area contributed by atoms with E-state index < -0.39 is 0 Å². The van der Waals surface area contributed by atoms with Gasteiger partial charge in [-0.15, -0.1) is 0 Å². The molecule has 0 atom stereocenters. The molecule has 0 radical (unpaired) electrons. The topological polar surface area (TPSA) is 89.4 Å². The minimum Gasteiger partial charge on any atom is -0.361 e. The number of nitrogens with zero attached hydrogens (tertiary/aromatic N) is 3. The predicted octanol–water partition coefficient (Wildman–Crippen LogP) is 6.38. The lowest BCUT2D eigenvalue weighted by atomic mass is 10.1. The fourth-order valence-corrected chi connectivity index (χ4v) is 4.33. The third-order valence-corrected chi connectivity index (χ3v) is 6.46. The van der Waals surface area contributed by atoms with Gasteiger partial charge in [0, 0.05) is 59.7 Å². The first-order chi connectivity index (χ1) is 18.2. The van der Waals surface area contributed by atoms with E-state index in [-0.39, 0.29) is 0 Å². The number of fused-ring (bicyclic) bond motifs is 1. The fourth-order valence-electron chi connectivity index (χ4n) is 4.33. The number of nitriles is 1. The van der Waals surface area contributed by atoms with Crippen LogP contribution < -0.4 is 10.6 Å². The molecule has 3 heterocycles. The number of anilines is 2. The van der Waals surface area contributed by atoms with Crippen LogP contribution in [-0.4, -0.2) is 21.5 Å². The number of aromatic nitrogens is 3. The van der Waals surface area contributed by atoms with Crippen molar-refractivity contribution in [1.29, 1.82) is 5.26 Å². The average molecular weight is 485 g/mol. The summed E-state index contributed by atoms with van der Waals surface area (Å²) in [6, 6.07) is 21.0. The zero-order chi connectivity index (χ0) is 25.5. The van der Waals surface area contributed by atoms with E-state index >= 15 is 0 Å². The normalized spacial score (nSPS) is 11.1. The Morgan fingerprint density at radius 3 is 2.57 bits per heavy atom. The van der Waals surface area contributed by atoms with Gasteiger partial charge in [0.25, 0.3) is 0 Å². The van der Waals surface area contributed by atoms with Crippen molar-refractivity contribution in [2.24, 2.45) is 0 Å². The van der Waals surface area contributed by atoms with Crippen LogP contribution in [0.3, 0.4) is 0 Å². The second kappa shape index (κ2) is 11.3. The summed E-state index contributed by atoms with van der Waals surface area (Å²) in [6.45, 7) is 3.82. The third kappa shape index (κ3) is 5.75. The highest BCUT2D eigenvalue weighted by Gasteiger charge is 2.11. The maximum Gasteiger partial charge on any atom is 0.103 e. The van der Waals surface area contributed by atoms with Gasteiger partial charge in [-0.25, -0.2) is 0 Å². The summed E-state index contributed by atoms with van der Waals surface area (Å²) >= 11 is 0. The smallest absolute Gasteiger partial charge is 0.103 e. The molecule has 6 nitrogen and oxygen atoms in total. The van der Waals surface area contributed by atoms with Crippen LogP contribution in [0, 0.1) is 18.3 Å². The zero-order valence-electron chi connectivity index (χ0n) is 20.7. The molecule has 0 saturated carbocycles. The van der Waals surface area contributed by atoms with Crippen LogP contribution in [-0.2, 0) is 13.0 Å². The quantitative estimate of drug-likeness (QED) is 0.211. The Kier molecular flexibility index (Phi) is 7.35. The van der Waals surface area contributed by atoms with Gasteiger partial charge < -0.3 is 15.6 Å². The molecule has 3 N–H and O–H groups in total. The second-order valence-corrected chi connectivity index (χ2v) is 8.92. The standard InChI is InChI=1S/C31H28N6/c1-22-28-13-17-36-30(28)9-8-29(22)37-31-26(20-35-21-27(31)18-32)7-6-23-2-4-25(5-3-23)19-34-16-12-24-10-14-33-15-11-24/h2-11,13-15,17,20-21,34,36H,12,16,19H2,1H3,(H,35,37). The minimum atomic E-state index is 0.504. The van der Waals surface area contributed by atoms with Crippen LogP contribution in [0.1, 0.15) is 33.4 Å². The molecule has 0 aliphatic carbocycles. The van der Waals surface area contributed by atoms with E-state index in [4.69, 9.17) is 0 Å². The molecule has 37 heavy (non-hydrogen) atoms. The molecule has 0 aliphatic heterocycles. The van der Waals surface area contributed by atoms with Crippen LogP contribution in [0.4, 0.5) is 11.4 Å². The Balaban J connectivity index is 1.27. The van der Waals surface area contributed by atoms with Gasteiger partial charge in [-0.05, 0) is 72.5 Å². The summed E-state index contributed by atoms with van der Waals surface area (Å²) in [6.07, 6.45) is 14.0.